The molecule has 0 unspecified atom stereocenters. The van der Waals surface area contributed by atoms with Crippen molar-refractivity contribution in [1.29, 1.82) is 0 Å². The SMILES string of the molecule is Cn1ncc(Cl)c1C(=O)N[C@@H]1CO[C@H](Cn2cnc3c(N)ncnc32)[C@@H](O)[C@H]1O. The Hall–Kier alpha value is -2.80. The molecule has 0 aliphatic carbocycles. The van der Waals surface area contributed by atoms with Crippen LogP contribution in [0.4, 0.5) is 5.82 Å². The highest BCUT2D eigenvalue weighted by Gasteiger charge is 2.40. The van der Waals surface area contributed by atoms with Gasteiger partial charge < -0.3 is 30.6 Å². The van der Waals surface area contributed by atoms with Crippen LogP contribution < -0.4 is 11.1 Å². The summed E-state index contributed by atoms with van der Waals surface area (Å²) in [6.07, 6.45) is 0.925. The van der Waals surface area contributed by atoms with E-state index in [0.717, 1.165) is 0 Å². The van der Waals surface area contributed by atoms with Crippen molar-refractivity contribution in [2.75, 3.05) is 12.3 Å². The van der Waals surface area contributed by atoms with Crippen LogP contribution in [-0.2, 0) is 18.3 Å². The molecule has 3 aromatic rings. The quantitative estimate of drug-likeness (QED) is 0.400. The molecule has 5 N–H and O–H groups in total. The highest BCUT2D eigenvalue weighted by molar-refractivity contribution is 6.33. The van der Waals surface area contributed by atoms with Crippen LogP contribution in [0, 0.1) is 0 Å². The molecule has 3 aromatic heterocycles. The molecule has 0 spiro atoms. The normalized spacial score (nSPS) is 24.7. The molecule has 1 saturated heterocycles. The van der Waals surface area contributed by atoms with Crippen LogP contribution in [-0.4, -0.2) is 76.4 Å². The van der Waals surface area contributed by atoms with Gasteiger partial charge in [0.2, 0.25) is 0 Å². The number of carbonyl (C=O) groups is 1. The lowest BCUT2D eigenvalue weighted by atomic mass is 9.97. The zero-order valence-corrected chi connectivity index (χ0v) is 16.1. The number of aryl methyl sites for hydroxylation is 1. The lowest BCUT2D eigenvalue weighted by Gasteiger charge is -2.38. The number of fused-ring (bicyclic) bond motifs is 1. The van der Waals surface area contributed by atoms with E-state index in [9.17, 15) is 15.0 Å². The Morgan fingerprint density at radius 3 is 2.90 bits per heavy atom. The Bertz CT molecular complexity index is 1030. The number of aliphatic hydroxyl groups excluding tert-OH is 2. The molecule has 4 heterocycles. The summed E-state index contributed by atoms with van der Waals surface area (Å²) in [5, 5.41) is 27.7. The van der Waals surface area contributed by atoms with E-state index in [1.807, 2.05) is 0 Å². The minimum absolute atomic E-state index is 0.00609. The fourth-order valence-corrected chi connectivity index (χ4v) is 3.55. The number of nitrogen functional groups attached to an aromatic ring is 1. The summed E-state index contributed by atoms with van der Waals surface area (Å²) in [4.78, 5) is 24.6. The van der Waals surface area contributed by atoms with Gasteiger partial charge in [-0.05, 0) is 0 Å². The molecule has 29 heavy (non-hydrogen) atoms. The smallest absolute Gasteiger partial charge is 0.271 e. The summed E-state index contributed by atoms with van der Waals surface area (Å²) in [6, 6.07) is -0.822. The predicted octanol–water partition coefficient (Wildman–Crippen LogP) is -1.29. The van der Waals surface area contributed by atoms with Gasteiger partial charge >= 0.3 is 0 Å². The Balaban J connectivity index is 1.45. The molecule has 0 aromatic carbocycles. The van der Waals surface area contributed by atoms with Gasteiger partial charge in [-0.15, -0.1) is 0 Å². The van der Waals surface area contributed by atoms with Gasteiger partial charge in [-0.1, -0.05) is 11.6 Å². The van der Waals surface area contributed by atoms with Crippen LogP contribution in [0.5, 0.6) is 0 Å². The Morgan fingerprint density at radius 2 is 2.17 bits per heavy atom. The third-order valence-corrected chi connectivity index (χ3v) is 5.14. The van der Waals surface area contributed by atoms with Crippen LogP contribution in [0.2, 0.25) is 5.02 Å². The summed E-state index contributed by atoms with van der Waals surface area (Å²) in [6.45, 7) is 0.174. The van der Waals surface area contributed by atoms with Crippen molar-refractivity contribution in [3.63, 3.8) is 0 Å². The molecule has 1 fully saturated rings. The van der Waals surface area contributed by atoms with E-state index in [1.165, 1.54) is 23.5 Å². The molecule has 0 bridgehead atoms. The van der Waals surface area contributed by atoms with Gasteiger partial charge in [0.05, 0.1) is 36.7 Å². The van der Waals surface area contributed by atoms with Crippen LogP contribution in [0.3, 0.4) is 0 Å². The van der Waals surface area contributed by atoms with E-state index in [2.05, 4.69) is 25.4 Å². The highest BCUT2D eigenvalue weighted by atomic mass is 35.5. The van der Waals surface area contributed by atoms with Crippen molar-refractivity contribution < 1.29 is 19.7 Å². The first-order chi connectivity index (χ1) is 13.9. The first-order valence-corrected chi connectivity index (χ1v) is 9.12. The Labute approximate surface area is 169 Å². The van der Waals surface area contributed by atoms with E-state index in [4.69, 9.17) is 22.1 Å². The molecule has 1 aliphatic rings. The van der Waals surface area contributed by atoms with E-state index in [1.54, 1.807) is 11.6 Å². The molecular formula is C16H19ClN8O4. The largest absolute Gasteiger partial charge is 0.388 e. The molecule has 12 nitrogen and oxygen atoms in total. The number of aromatic nitrogens is 6. The van der Waals surface area contributed by atoms with Gasteiger partial charge in [0.1, 0.15) is 35.8 Å². The maximum absolute atomic E-state index is 12.4. The number of carbonyl (C=O) groups excluding carboxylic acids is 1. The zero-order valence-electron chi connectivity index (χ0n) is 15.3. The fraction of sp³-hybridized carbons (Fsp3) is 0.438. The highest BCUT2D eigenvalue weighted by Crippen LogP contribution is 2.21. The van der Waals surface area contributed by atoms with Gasteiger partial charge in [0, 0.05) is 7.05 Å². The Morgan fingerprint density at radius 1 is 1.38 bits per heavy atom. The summed E-state index contributed by atoms with van der Waals surface area (Å²) in [7, 11) is 1.57. The van der Waals surface area contributed by atoms with Gasteiger partial charge in [0.15, 0.2) is 11.5 Å². The maximum atomic E-state index is 12.4. The fourth-order valence-electron chi connectivity index (χ4n) is 3.30. The summed E-state index contributed by atoms with van der Waals surface area (Å²) < 4.78 is 8.68. The number of rotatable bonds is 4. The van der Waals surface area contributed by atoms with Crippen LogP contribution >= 0.6 is 11.6 Å². The van der Waals surface area contributed by atoms with Crippen molar-refractivity contribution in [3.8, 4) is 0 Å². The second kappa shape index (κ2) is 7.55. The number of nitrogens with one attached hydrogen (secondary N) is 1. The minimum Gasteiger partial charge on any atom is -0.388 e. The molecule has 1 aliphatic heterocycles. The molecule has 1 amide bonds. The number of anilines is 1. The molecule has 4 atom stereocenters. The van der Waals surface area contributed by atoms with Gasteiger partial charge in [-0.2, -0.15) is 5.10 Å². The third kappa shape index (κ3) is 3.51. The number of amides is 1. The van der Waals surface area contributed by atoms with E-state index in [0.29, 0.717) is 11.2 Å². The minimum atomic E-state index is -1.26. The maximum Gasteiger partial charge on any atom is 0.271 e. The standard InChI is InChI=1S/C16H19ClN8O4/c1-24-11(7(17)2-22-24)16(28)23-8-4-29-9(13(27)12(8)26)3-25-6-21-10-14(18)19-5-20-15(10)25/h2,5-6,8-9,12-13,26-27H,3-4H2,1H3,(H,23,28)(H2,18,19,20)/t8-,9-,12+,13-/m1/s1. The van der Waals surface area contributed by atoms with E-state index < -0.39 is 30.3 Å². The molecule has 154 valence electrons. The molecular weight excluding hydrogens is 404 g/mol. The lowest BCUT2D eigenvalue weighted by molar-refractivity contribution is -0.152. The van der Waals surface area contributed by atoms with Crippen molar-refractivity contribution in [2.45, 2.75) is 30.9 Å². The third-order valence-electron chi connectivity index (χ3n) is 4.86. The number of ether oxygens (including phenoxy) is 1. The van der Waals surface area contributed by atoms with Gasteiger partial charge in [-0.25, -0.2) is 15.0 Å². The van der Waals surface area contributed by atoms with Gasteiger partial charge in [0.25, 0.3) is 5.91 Å². The summed E-state index contributed by atoms with van der Waals surface area (Å²) in [5.74, 6) is -0.281. The van der Waals surface area contributed by atoms with Crippen molar-refractivity contribution >= 4 is 34.5 Å². The molecule has 0 saturated carbocycles. The number of imidazole rings is 1. The zero-order chi connectivity index (χ0) is 20.7. The molecule has 0 radical (unpaired) electrons. The number of aliphatic hydroxyl groups is 2. The topological polar surface area (TPSA) is 166 Å². The van der Waals surface area contributed by atoms with E-state index in [-0.39, 0.29) is 29.7 Å². The number of nitrogens with two attached hydrogens (primary N) is 1. The number of hydrogen-bond donors (Lipinski definition) is 4. The summed E-state index contributed by atoms with van der Waals surface area (Å²) >= 11 is 5.97. The first kappa shape index (κ1) is 19.5. The molecule has 4 rings (SSSR count). The van der Waals surface area contributed by atoms with Crippen LogP contribution in [0.15, 0.2) is 18.9 Å². The van der Waals surface area contributed by atoms with Crippen LogP contribution in [0.1, 0.15) is 10.5 Å². The number of halogens is 1. The lowest BCUT2D eigenvalue weighted by Crippen LogP contribution is -2.60. The average molecular weight is 423 g/mol. The van der Waals surface area contributed by atoms with Crippen molar-refractivity contribution in [3.05, 3.63) is 29.6 Å². The van der Waals surface area contributed by atoms with Crippen molar-refractivity contribution in [1.82, 2.24) is 34.6 Å². The molecule has 13 heteroatoms. The number of nitrogens with zero attached hydrogens (tertiary/aromatic N) is 6. The average Bonchev–Trinajstić information content (AvgIpc) is 3.25. The summed E-state index contributed by atoms with van der Waals surface area (Å²) in [5.41, 5.74) is 6.86. The van der Waals surface area contributed by atoms with Crippen LogP contribution in [0.25, 0.3) is 11.2 Å². The predicted molar refractivity (Wildman–Crippen MR) is 101 cm³/mol. The second-order valence-electron chi connectivity index (χ2n) is 6.73. The van der Waals surface area contributed by atoms with Gasteiger partial charge in [-0.3, -0.25) is 9.48 Å². The Kier molecular flexibility index (Phi) is 5.08. The number of hydrogen-bond acceptors (Lipinski definition) is 9. The monoisotopic (exact) mass is 422 g/mol. The van der Waals surface area contributed by atoms with E-state index >= 15 is 0 Å². The second-order valence-corrected chi connectivity index (χ2v) is 7.13. The first-order valence-electron chi connectivity index (χ1n) is 8.74. The van der Waals surface area contributed by atoms with Crippen molar-refractivity contribution in [2.24, 2.45) is 7.05 Å².